The van der Waals surface area contributed by atoms with E-state index in [0.717, 1.165) is 5.56 Å². The van der Waals surface area contributed by atoms with Crippen molar-refractivity contribution in [1.82, 2.24) is 20.3 Å². The molecule has 39 heavy (non-hydrogen) atoms. The monoisotopic (exact) mass is 530 g/mol. The SMILES string of the molecule is C=O.Cc1cccc(N(C)C)c1C(=O)NC(Cc1ccc(Nc2nn(-c3ccccc3)[nH]c2=O)cc1)C(=O)O. The number of carboxylic acid groups (broad SMARTS) is 1. The number of rotatable bonds is 9. The Kier molecular flexibility index (Phi) is 9.36. The highest BCUT2D eigenvalue weighted by molar-refractivity contribution is 6.02. The maximum absolute atomic E-state index is 13.0. The van der Waals surface area contributed by atoms with E-state index in [1.165, 1.54) is 4.80 Å². The van der Waals surface area contributed by atoms with Crippen LogP contribution >= 0.6 is 0 Å². The van der Waals surface area contributed by atoms with E-state index in [0.29, 0.717) is 28.2 Å². The molecule has 0 saturated heterocycles. The van der Waals surface area contributed by atoms with Gasteiger partial charge in [0, 0.05) is 31.9 Å². The molecular formula is C28H30N6O5. The van der Waals surface area contributed by atoms with Crippen LogP contribution in [0.4, 0.5) is 17.2 Å². The number of aromatic nitrogens is 3. The first kappa shape index (κ1) is 28.4. The average Bonchev–Trinajstić information content (AvgIpc) is 3.30. The molecule has 0 aliphatic rings. The van der Waals surface area contributed by atoms with Crippen LogP contribution in [0.5, 0.6) is 0 Å². The van der Waals surface area contributed by atoms with Crippen LogP contribution in [0.2, 0.25) is 0 Å². The molecule has 1 amide bonds. The Morgan fingerprint density at radius 3 is 2.31 bits per heavy atom. The molecule has 0 saturated carbocycles. The third-order valence-corrected chi connectivity index (χ3v) is 5.84. The quantitative estimate of drug-likeness (QED) is 0.258. The minimum Gasteiger partial charge on any atom is -0.480 e. The highest BCUT2D eigenvalue weighted by Gasteiger charge is 2.24. The number of para-hydroxylation sites is 1. The average molecular weight is 531 g/mol. The number of carboxylic acids is 1. The van der Waals surface area contributed by atoms with Gasteiger partial charge in [-0.2, -0.15) is 4.80 Å². The van der Waals surface area contributed by atoms with Gasteiger partial charge in [-0.05, 0) is 48.4 Å². The fourth-order valence-corrected chi connectivity index (χ4v) is 3.94. The van der Waals surface area contributed by atoms with Crippen molar-refractivity contribution in [3.05, 3.63) is 99.8 Å². The minimum absolute atomic E-state index is 0.0910. The van der Waals surface area contributed by atoms with E-state index >= 15 is 0 Å². The van der Waals surface area contributed by atoms with Crippen molar-refractivity contribution in [2.45, 2.75) is 19.4 Å². The Labute approximate surface area is 225 Å². The van der Waals surface area contributed by atoms with Crippen molar-refractivity contribution in [2.75, 3.05) is 24.3 Å². The number of H-pyrrole nitrogens is 1. The van der Waals surface area contributed by atoms with E-state index in [2.05, 4.69) is 20.8 Å². The molecule has 4 N–H and O–H groups in total. The van der Waals surface area contributed by atoms with Crippen molar-refractivity contribution >= 4 is 35.9 Å². The lowest BCUT2D eigenvalue weighted by atomic mass is 10.0. The summed E-state index contributed by atoms with van der Waals surface area (Å²) in [5.74, 6) is -1.45. The molecule has 11 heteroatoms. The molecule has 1 unspecified atom stereocenters. The Morgan fingerprint density at radius 2 is 1.69 bits per heavy atom. The third kappa shape index (κ3) is 6.98. The number of carbonyl (C=O) groups excluding carboxylic acids is 2. The van der Waals surface area contributed by atoms with E-state index in [1.54, 1.807) is 24.3 Å². The Balaban J connectivity index is 0.00000205. The summed E-state index contributed by atoms with van der Waals surface area (Å²) in [5, 5.41) is 22.3. The lowest BCUT2D eigenvalue weighted by Gasteiger charge is -2.21. The second-order valence-corrected chi connectivity index (χ2v) is 8.79. The molecule has 0 radical (unpaired) electrons. The highest BCUT2D eigenvalue weighted by Crippen LogP contribution is 2.22. The van der Waals surface area contributed by atoms with Gasteiger partial charge in [0.25, 0.3) is 5.91 Å². The van der Waals surface area contributed by atoms with Crippen LogP contribution in [0.1, 0.15) is 21.5 Å². The molecule has 202 valence electrons. The zero-order chi connectivity index (χ0) is 28.5. The number of hydrogen-bond donors (Lipinski definition) is 4. The van der Waals surface area contributed by atoms with Crippen LogP contribution in [0.3, 0.4) is 0 Å². The lowest BCUT2D eigenvalue weighted by molar-refractivity contribution is -0.139. The molecule has 4 rings (SSSR count). The first-order chi connectivity index (χ1) is 18.7. The summed E-state index contributed by atoms with van der Waals surface area (Å²) >= 11 is 0. The summed E-state index contributed by atoms with van der Waals surface area (Å²) in [4.78, 5) is 48.5. The second kappa shape index (κ2) is 12.9. The number of benzene rings is 3. The van der Waals surface area contributed by atoms with Gasteiger partial charge in [-0.1, -0.05) is 42.5 Å². The van der Waals surface area contributed by atoms with E-state index in [4.69, 9.17) is 4.79 Å². The molecule has 0 bridgehead atoms. The number of anilines is 3. The molecular weight excluding hydrogens is 500 g/mol. The number of nitrogens with one attached hydrogen (secondary N) is 3. The van der Waals surface area contributed by atoms with Crippen molar-refractivity contribution < 1.29 is 19.5 Å². The van der Waals surface area contributed by atoms with Crippen LogP contribution in [0.25, 0.3) is 5.69 Å². The van der Waals surface area contributed by atoms with Gasteiger partial charge in [-0.3, -0.25) is 9.59 Å². The van der Waals surface area contributed by atoms with Crippen molar-refractivity contribution in [3.63, 3.8) is 0 Å². The van der Waals surface area contributed by atoms with E-state index in [9.17, 15) is 19.5 Å². The Morgan fingerprint density at radius 1 is 1.03 bits per heavy atom. The van der Waals surface area contributed by atoms with Gasteiger partial charge in [0.2, 0.25) is 5.82 Å². The van der Waals surface area contributed by atoms with Gasteiger partial charge in [0.15, 0.2) is 0 Å². The standard InChI is InChI=1S/C27H28N6O4.CH2O/c1-17-8-7-11-22(32(2)3)23(17)25(34)29-21(27(36)37)16-18-12-14-19(15-13-18)28-24-26(35)31-33(30-24)20-9-5-4-6-10-20;1-2/h4-15,21H,16H2,1-3H3,(H,28,30)(H,29,34)(H,31,35)(H,36,37);1H2. The van der Waals surface area contributed by atoms with Gasteiger partial charge in [0.1, 0.15) is 12.8 Å². The largest absolute Gasteiger partial charge is 0.480 e. The van der Waals surface area contributed by atoms with Gasteiger partial charge in [-0.15, -0.1) is 5.10 Å². The molecule has 4 aromatic rings. The number of carbonyl (C=O) groups is 3. The molecule has 3 aromatic carbocycles. The number of aliphatic carboxylic acids is 1. The topological polar surface area (TPSA) is 149 Å². The van der Waals surface area contributed by atoms with Crippen molar-refractivity contribution in [2.24, 2.45) is 0 Å². The first-order valence-electron chi connectivity index (χ1n) is 11.9. The molecule has 0 aliphatic heterocycles. The van der Waals surface area contributed by atoms with Gasteiger partial charge < -0.3 is 25.4 Å². The smallest absolute Gasteiger partial charge is 0.326 e. The number of nitrogens with zero attached hydrogens (tertiary/aromatic N) is 3. The summed E-state index contributed by atoms with van der Waals surface area (Å²) in [6, 6.07) is 20.5. The number of amides is 1. The van der Waals surface area contributed by atoms with E-state index in [1.807, 2.05) is 81.2 Å². The zero-order valence-electron chi connectivity index (χ0n) is 21.8. The van der Waals surface area contributed by atoms with Gasteiger partial charge in [0.05, 0.1) is 11.3 Å². The predicted molar refractivity (Wildman–Crippen MR) is 149 cm³/mol. The van der Waals surface area contributed by atoms with Crippen LogP contribution < -0.4 is 21.1 Å². The molecule has 1 aromatic heterocycles. The molecule has 1 heterocycles. The Bertz CT molecular complexity index is 1480. The van der Waals surface area contributed by atoms with Crippen LogP contribution in [0.15, 0.2) is 77.6 Å². The third-order valence-electron chi connectivity index (χ3n) is 5.84. The number of hydrogen-bond acceptors (Lipinski definition) is 7. The summed E-state index contributed by atoms with van der Waals surface area (Å²) in [6.45, 7) is 3.82. The summed E-state index contributed by atoms with van der Waals surface area (Å²) in [6.07, 6.45) is 0.0910. The summed E-state index contributed by atoms with van der Waals surface area (Å²) < 4.78 is 0. The minimum atomic E-state index is -1.13. The lowest BCUT2D eigenvalue weighted by Crippen LogP contribution is -2.43. The predicted octanol–water partition coefficient (Wildman–Crippen LogP) is 2.92. The van der Waals surface area contributed by atoms with Crippen molar-refractivity contribution in [1.29, 1.82) is 0 Å². The molecule has 0 aliphatic carbocycles. The van der Waals surface area contributed by atoms with Crippen LogP contribution in [-0.2, 0) is 16.0 Å². The van der Waals surface area contributed by atoms with E-state index in [-0.39, 0.29) is 17.8 Å². The zero-order valence-corrected chi connectivity index (χ0v) is 21.8. The number of aryl methyl sites for hydroxylation is 1. The maximum Gasteiger partial charge on any atom is 0.326 e. The van der Waals surface area contributed by atoms with Crippen LogP contribution in [-0.4, -0.2) is 58.9 Å². The fraction of sp³-hybridized carbons (Fsp3) is 0.179. The van der Waals surface area contributed by atoms with Crippen LogP contribution in [0, 0.1) is 6.92 Å². The second-order valence-electron chi connectivity index (χ2n) is 8.79. The maximum atomic E-state index is 13.0. The van der Waals surface area contributed by atoms with E-state index < -0.39 is 17.9 Å². The summed E-state index contributed by atoms with van der Waals surface area (Å²) in [5.41, 5.74) is 3.56. The summed E-state index contributed by atoms with van der Waals surface area (Å²) in [7, 11) is 3.66. The molecule has 0 fully saturated rings. The normalized spacial score (nSPS) is 11.1. The molecule has 1 atom stereocenters. The molecule has 11 nitrogen and oxygen atoms in total. The number of aromatic amines is 1. The highest BCUT2D eigenvalue weighted by atomic mass is 16.4. The first-order valence-corrected chi connectivity index (χ1v) is 11.9. The van der Waals surface area contributed by atoms with Gasteiger partial charge in [-0.25, -0.2) is 9.89 Å². The van der Waals surface area contributed by atoms with Gasteiger partial charge >= 0.3 is 11.5 Å². The van der Waals surface area contributed by atoms with Crippen molar-refractivity contribution in [3.8, 4) is 5.69 Å². The molecule has 0 spiro atoms. The fourth-order valence-electron chi connectivity index (χ4n) is 3.94. The Hall–Kier alpha value is -5.19.